The number of nitrogens with one attached hydrogen (secondary N) is 4. The number of rotatable bonds is 10. The Bertz CT molecular complexity index is 1250. The fourth-order valence-corrected chi connectivity index (χ4v) is 5.53. The van der Waals surface area contributed by atoms with Gasteiger partial charge < -0.3 is 31.8 Å². The van der Waals surface area contributed by atoms with E-state index in [1.165, 1.54) is 0 Å². The first-order valence-electron chi connectivity index (χ1n) is 12.7. The van der Waals surface area contributed by atoms with Gasteiger partial charge in [0.15, 0.2) is 0 Å². The fraction of sp³-hybridized carbons (Fsp3) is 0.538. The summed E-state index contributed by atoms with van der Waals surface area (Å²) in [6, 6.07) is 1.33. The number of fused-ring (bicyclic) bond motifs is 3. The number of hydrogen-bond donors (Lipinski definition) is 6. The summed E-state index contributed by atoms with van der Waals surface area (Å²) >= 11 is 12.7. The highest BCUT2D eigenvalue weighted by Gasteiger charge is 2.46. The molecule has 38 heavy (non-hydrogen) atoms. The molecular formula is C26H35Cl2N5O5. The molecule has 208 valence electrons. The molecule has 2 unspecified atom stereocenters. The summed E-state index contributed by atoms with van der Waals surface area (Å²) < 4.78 is 0. The SMILES string of the molecule is CCC(C)C(NC(=O)O)C(=O)N[C@]1(C(=O)N[C@H](C(N)=O)[C@@H](C)CC)CCc2[nH]c3c(Cl)cc(Cl)cc3c2C1. The highest BCUT2D eigenvalue weighted by atomic mass is 35.5. The van der Waals surface area contributed by atoms with Crippen LogP contribution in [0.5, 0.6) is 0 Å². The van der Waals surface area contributed by atoms with Gasteiger partial charge in [0.2, 0.25) is 17.7 Å². The Kier molecular flexibility index (Phi) is 9.20. The van der Waals surface area contributed by atoms with Crippen LogP contribution >= 0.6 is 23.2 Å². The van der Waals surface area contributed by atoms with Crippen molar-refractivity contribution in [2.24, 2.45) is 17.6 Å². The van der Waals surface area contributed by atoms with Gasteiger partial charge in [-0.15, -0.1) is 0 Å². The molecule has 1 aliphatic rings. The van der Waals surface area contributed by atoms with Crippen molar-refractivity contribution >= 4 is 57.9 Å². The molecule has 4 amide bonds. The quantitative estimate of drug-likeness (QED) is 0.258. The van der Waals surface area contributed by atoms with Gasteiger partial charge in [-0.1, -0.05) is 63.7 Å². The number of primary amides is 1. The van der Waals surface area contributed by atoms with Crippen molar-refractivity contribution in [1.29, 1.82) is 0 Å². The van der Waals surface area contributed by atoms with Gasteiger partial charge in [-0.05, 0) is 42.4 Å². The molecule has 2 aromatic rings. The second-order valence-electron chi connectivity index (χ2n) is 10.2. The maximum atomic E-state index is 13.9. The number of halogens is 2. The van der Waals surface area contributed by atoms with Crippen molar-refractivity contribution in [3.63, 3.8) is 0 Å². The standard InChI is InChI=1S/C26H35Cl2N5O5/c1-5-12(3)19(22(29)34)31-24(36)26(33-23(35)20(13(4)6-2)32-25(37)38)8-7-18-16(11-26)15-9-14(27)10-17(28)21(15)30-18/h9-10,12-13,19-20,30,32H,5-8,11H2,1-4H3,(H2,29,34)(H,31,36)(H,33,35)(H,37,38)/t12-,13?,19-,20?,26+/m0/s1. The number of H-pyrrole nitrogens is 1. The van der Waals surface area contributed by atoms with Crippen LogP contribution in [0.2, 0.25) is 10.0 Å². The number of benzene rings is 1. The third-order valence-electron chi connectivity index (χ3n) is 7.68. The number of hydrogen-bond acceptors (Lipinski definition) is 4. The Morgan fingerprint density at radius 3 is 2.29 bits per heavy atom. The number of nitrogens with two attached hydrogens (primary N) is 1. The maximum Gasteiger partial charge on any atom is 0.405 e. The average molecular weight is 569 g/mol. The average Bonchev–Trinajstić information content (AvgIpc) is 3.22. The Morgan fingerprint density at radius 1 is 1.08 bits per heavy atom. The van der Waals surface area contributed by atoms with Crippen LogP contribution < -0.4 is 21.7 Å². The van der Waals surface area contributed by atoms with E-state index >= 15 is 0 Å². The topological polar surface area (TPSA) is 166 Å². The lowest BCUT2D eigenvalue weighted by atomic mass is 9.78. The van der Waals surface area contributed by atoms with Crippen LogP contribution in [0.25, 0.3) is 10.9 Å². The van der Waals surface area contributed by atoms with E-state index in [9.17, 15) is 24.3 Å². The normalized spacial score (nSPS) is 20.1. The molecule has 0 spiro atoms. The molecule has 3 rings (SSSR count). The third kappa shape index (κ3) is 6.02. The van der Waals surface area contributed by atoms with Crippen molar-refractivity contribution < 1.29 is 24.3 Å². The monoisotopic (exact) mass is 567 g/mol. The molecule has 0 aliphatic heterocycles. The Morgan fingerprint density at radius 2 is 1.71 bits per heavy atom. The van der Waals surface area contributed by atoms with Crippen molar-refractivity contribution in [2.45, 2.75) is 77.4 Å². The molecular weight excluding hydrogens is 533 g/mol. The summed E-state index contributed by atoms with van der Waals surface area (Å²) in [6.07, 6.45) is 0.428. The molecule has 0 saturated carbocycles. The summed E-state index contributed by atoms with van der Waals surface area (Å²) in [5.41, 5.74) is 6.42. The van der Waals surface area contributed by atoms with E-state index in [2.05, 4.69) is 20.9 Å². The number of aromatic nitrogens is 1. The van der Waals surface area contributed by atoms with Gasteiger partial charge in [0.05, 0.1) is 10.5 Å². The molecule has 0 radical (unpaired) electrons. The second kappa shape index (κ2) is 11.8. The van der Waals surface area contributed by atoms with Gasteiger partial charge in [0.25, 0.3) is 0 Å². The highest BCUT2D eigenvalue weighted by Crippen LogP contribution is 2.38. The number of aromatic amines is 1. The van der Waals surface area contributed by atoms with E-state index in [0.29, 0.717) is 34.8 Å². The number of amides is 4. The molecule has 1 aliphatic carbocycles. The van der Waals surface area contributed by atoms with E-state index in [-0.39, 0.29) is 24.7 Å². The minimum absolute atomic E-state index is 0.0723. The van der Waals surface area contributed by atoms with Gasteiger partial charge in [-0.3, -0.25) is 14.4 Å². The van der Waals surface area contributed by atoms with Crippen molar-refractivity contribution in [3.05, 3.63) is 33.4 Å². The maximum absolute atomic E-state index is 13.9. The van der Waals surface area contributed by atoms with E-state index in [0.717, 1.165) is 16.6 Å². The van der Waals surface area contributed by atoms with Gasteiger partial charge in [-0.2, -0.15) is 0 Å². The summed E-state index contributed by atoms with van der Waals surface area (Å²) in [7, 11) is 0. The lowest BCUT2D eigenvalue weighted by molar-refractivity contribution is -0.137. The zero-order valence-electron chi connectivity index (χ0n) is 21.9. The van der Waals surface area contributed by atoms with E-state index in [1.807, 2.05) is 13.8 Å². The zero-order chi connectivity index (χ0) is 28.4. The second-order valence-corrected chi connectivity index (χ2v) is 11.0. The number of carboxylic acid groups (broad SMARTS) is 1. The molecule has 5 atom stereocenters. The van der Waals surface area contributed by atoms with Crippen LogP contribution in [0.4, 0.5) is 4.79 Å². The number of aryl methyl sites for hydroxylation is 1. The number of carbonyl (C=O) groups excluding carboxylic acids is 3. The lowest BCUT2D eigenvalue weighted by Crippen LogP contribution is -2.67. The Balaban J connectivity index is 2.08. The van der Waals surface area contributed by atoms with Crippen molar-refractivity contribution in [3.8, 4) is 0 Å². The number of carbonyl (C=O) groups is 4. The van der Waals surface area contributed by atoms with E-state index < -0.39 is 41.4 Å². The van der Waals surface area contributed by atoms with Crippen LogP contribution in [0.1, 0.15) is 58.2 Å². The predicted octanol–water partition coefficient (Wildman–Crippen LogP) is 3.52. The first kappa shape index (κ1) is 29.6. The highest BCUT2D eigenvalue weighted by molar-refractivity contribution is 6.38. The van der Waals surface area contributed by atoms with Crippen LogP contribution in [0, 0.1) is 11.8 Å². The minimum atomic E-state index is -1.49. The zero-order valence-corrected chi connectivity index (χ0v) is 23.4. The van der Waals surface area contributed by atoms with Crippen molar-refractivity contribution in [2.75, 3.05) is 0 Å². The summed E-state index contributed by atoms with van der Waals surface area (Å²) in [6.45, 7) is 7.28. The van der Waals surface area contributed by atoms with E-state index in [4.69, 9.17) is 28.9 Å². The van der Waals surface area contributed by atoms with Crippen LogP contribution in [-0.2, 0) is 27.2 Å². The largest absolute Gasteiger partial charge is 0.465 e. The lowest BCUT2D eigenvalue weighted by Gasteiger charge is -2.39. The molecule has 7 N–H and O–H groups in total. The first-order valence-corrected chi connectivity index (χ1v) is 13.5. The predicted molar refractivity (Wildman–Crippen MR) is 146 cm³/mol. The van der Waals surface area contributed by atoms with Crippen LogP contribution in [0.3, 0.4) is 0 Å². The Labute approximate surface area is 231 Å². The molecule has 0 fully saturated rings. The summed E-state index contributed by atoms with van der Waals surface area (Å²) in [5, 5.41) is 18.8. The van der Waals surface area contributed by atoms with Crippen LogP contribution in [-0.4, -0.2) is 51.5 Å². The molecule has 1 aromatic heterocycles. The molecule has 0 bridgehead atoms. The first-order chi connectivity index (χ1) is 17.8. The van der Waals surface area contributed by atoms with Gasteiger partial charge in [-0.25, -0.2) is 4.79 Å². The molecule has 0 saturated heterocycles. The molecule has 12 heteroatoms. The van der Waals surface area contributed by atoms with Crippen LogP contribution in [0.15, 0.2) is 12.1 Å². The summed E-state index contributed by atoms with van der Waals surface area (Å²) in [4.78, 5) is 54.5. The Hall–Kier alpha value is -2.98. The molecule has 10 nitrogen and oxygen atoms in total. The smallest absolute Gasteiger partial charge is 0.405 e. The van der Waals surface area contributed by atoms with Gasteiger partial charge >= 0.3 is 6.09 Å². The summed E-state index contributed by atoms with van der Waals surface area (Å²) in [5.74, 6) is -2.46. The van der Waals surface area contributed by atoms with Gasteiger partial charge in [0, 0.05) is 22.5 Å². The molecule has 1 aromatic carbocycles. The van der Waals surface area contributed by atoms with E-state index in [1.54, 1.807) is 26.0 Å². The van der Waals surface area contributed by atoms with Crippen molar-refractivity contribution in [1.82, 2.24) is 20.9 Å². The minimum Gasteiger partial charge on any atom is -0.465 e. The fourth-order valence-electron chi connectivity index (χ4n) is 4.99. The van der Waals surface area contributed by atoms with Gasteiger partial charge in [0.1, 0.15) is 17.6 Å². The molecule has 1 heterocycles. The third-order valence-corrected chi connectivity index (χ3v) is 8.19.